The topological polar surface area (TPSA) is 49.4 Å². The lowest BCUT2D eigenvalue weighted by Gasteiger charge is -2.31. The van der Waals surface area contributed by atoms with Crippen LogP contribution >= 0.6 is 34.8 Å². The second-order valence-corrected chi connectivity index (χ2v) is 7.39. The van der Waals surface area contributed by atoms with Gasteiger partial charge in [-0.1, -0.05) is 46.9 Å². The van der Waals surface area contributed by atoms with E-state index in [1.165, 1.54) is 0 Å². The molecular formula is C19H17Cl3N2O2. The van der Waals surface area contributed by atoms with Gasteiger partial charge in [0, 0.05) is 29.6 Å². The number of nitrogens with one attached hydrogen (secondary N) is 1. The predicted molar refractivity (Wildman–Crippen MR) is 105 cm³/mol. The third-order valence-electron chi connectivity index (χ3n) is 4.43. The molecule has 1 N–H and O–H groups in total. The summed E-state index contributed by atoms with van der Waals surface area (Å²) in [6.45, 7) is 1.04. The monoisotopic (exact) mass is 410 g/mol. The highest BCUT2D eigenvalue weighted by Crippen LogP contribution is 2.30. The van der Waals surface area contributed by atoms with Gasteiger partial charge in [0.15, 0.2) is 0 Å². The molecule has 0 unspecified atom stereocenters. The first kappa shape index (κ1) is 19.0. The highest BCUT2D eigenvalue weighted by molar-refractivity contribution is 6.44. The van der Waals surface area contributed by atoms with Crippen molar-refractivity contribution in [1.82, 2.24) is 4.90 Å². The fourth-order valence-corrected chi connectivity index (χ4v) is 3.52. The van der Waals surface area contributed by atoms with Gasteiger partial charge in [0.1, 0.15) is 0 Å². The Balaban J connectivity index is 1.58. The standard InChI is InChI=1S/C19H17Cl3N2O2/c20-14-4-1-3-13(11-14)19(26)24-9-7-12(8-10-24)18(25)23-16-6-2-5-15(21)17(16)22/h1-6,11-12H,7-10H2,(H,23,25). The highest BCUT2D eigenvalue weighted by Gasteiger charge is 2.28. The van der Waals surface area contributed by atoms with Crippen LogP contribution in [0.5, 0.6) is 0 Å². The van der Waals surface area contributed by atoms with Crippen LogP contribution in [-0.2, 0) is 4.79 Å². The van der Waals surface area contributed by atoms with Crippen LogP contribution in [0.1, 0.15) is 23.2 Å². The van der Waals surface area contributed by atoms with Crippen molar-refractivity contribution in [2.24, 2.45) is 5.92 Å². The molecule has 4 nitrogen and oxygen atoms in total. The smallest absolute Gasteiger partial charge is 0.253 e. The number of amides is 2. The summed E-state index contributed by atoms with van der Waals surface area (Å²) in [5.41, 5.74) is 1.06. The Morgan fingerprint density at radius 2 is 1.69 bits per heavy atom. The van der Waals surface area contributed by atoms with Crippen molar-refractivity contribution in [3.63, 3.8) is 0 Å². The molecule has 0 spiro atoms. The number of halogens is 3. The van der Waals surface area contributed by atoms with E-state index in [1.807, 2.05) is 0 Å². The van der Waals surface area contributed by atoms with Crippen molar-refractivity contribution in [2.45, 2.75) is 12.8 Å². The summed E-state index contributed by atoms with van der Waals surface area (Å²) in [6, 6.07) is 12.0. The number of likely N-dealkylation sites (tertiary alicyclic amines) is 1. The number of benzene rings is 2. The molecule has 1 aliphatic rings. The van der Waals surface area contributed by atoms with Crippen LogP contribution in [0.15, 0.2) is 42.5 Å². The quantitative estimate of drug-likeness (QED) is 0.760. The van der Waals surface area contributed by atoms with Crippen LogP contribution in [0.25, 0.3) is 0 Å². The van der Waals surface area contributed by atoms with Crippen LogP contribution in [0.4, 0.5) is 5.69 Å². The average Bonchev–Trinajstić information content (AvgIpc) is 2.65. The van der Waals surface area contributed by atoms with Crippen LogP contribution in [0, 0.1) is 5.92 Å². The lowest BCUT2D eigenvalue weighted by molar-refractivity contribution is -0.121. The van der Waals surface area contributed by atoms with E-state index < -0.39 is 0 Å². The number of anilines is 1. The Morgan fingerprint density at radius 1 is 1.00 bits per heavy atom. The molecule has 1 aliphatic heterocycles. The minimum atomic E-state index is -0.173. The molecule has 1 fully saturated rings. The van der Waals surface area contributed by atoms with Crippen LogP contribution in [0.3, 0.4) is 0 Å². The number of hydrogen-bond donors (Lipinski definition) is 1. The van der Waals surface area contributed by atoms with E-state index in [4.69, 9.17) is 34.8 Å². The Bertz CT molecular complexity index is 833. The largest absolute Gasteiger partial charge is 0.339 e. The van der Waals surface area contributed by atoms with E-state index in [9.17, 15) is 9.59 Å². The number of rotatable bonds is 3. The molecule has 0 bridgehead atoms. The molecule has 3 rings (SSSR count). The maximum Gasteiger partial charge on any atom is 0.253 e. The zero-order valence-electron chi connectivity index (χ0n) is 13.8. The van der Waals surface area contributed by atoms with Gasteiger partial charge in [0.05, 0.1) is 15.7 Å². The predicted octanol–water partition coefficient (Wildman–Crippen LogP) is 5.14. The molecule has 1 heterocycles. The Hall–Kier alpha value is -1.75. The number of carbonyl (C=O) groups is 2. The molecule has 2 aromatic rings. The van der Waals surface area contributed by atoms with Crippen LogP contribution < -0.4 is 5.32 Å². The molecular weight excluding hydrogens is 395 g/mol. The zero-order chi connectivity index (χ0) is 18.7. The van der Waals surface area contributed by atoms with Crippen molar-refractivity contribution in [2.75, 3.05) is 18.4 Å². The summed E-state index contributed by atoms with van der Waals surface area (Å²) in [6.07, 6.45) is 1.19. The van der Waals surface area contributed by atoms with E-state index in [0.29, 0.717) is 52.2 Å². The van der Waals surface area contributed by atoms with Gasteiger partial charge in [-0.3, -0.25) is 9.59 Å². The van der Waals surface area contributed by atoms with Crippen molar-refractivity contribution in [3.05, 3.63) is 63.1 Å². The summed E-state index contributed by atoms with van der Waals surface area (Å²) in [4.78, 5) is 26.8. The number of nitrogens with zero attached hydrogens (tertiary/aromatic N) is 1. The molecule has 7 heteroatoms. The lowest BCUT2D eigenvalue weighted by Crippen LogP contribution is -2.41. The first-order chi connectivity index (χ1) is 12.5. The van der Waals surface area contributed by atoms with Crippen molar-refractivity contribution in [3.8, 4) is 0 Å². The van der Waals surface area contributed by atoms with E-state index in [0.717, 1.165) is 0 Å². The zero-order valence-corrected chi connectivity index (χ0v) is 16.1. The molecule has 2 aromatic carbocycles. The van der Waals surface area contributed by atoms with Gasteiger partial charge in [0.25, 0.3) is 5.91 Å². The Morgan fingerprint density at radius 3 is 2.38 bits per heavy atom. The Kier molecular flexibility index (Phi) is 6.07. The van der Waals surface area contributed by atoms with E-state index in [-0.39, 0.29) is 17.7 Å². The van der Waals surface area contributed by atoms with Gasteiger partial charge in [-0.15, -0.1) is 0 Å². The van der Waals surface area contributed by atoms with Crippen molar-refractivity contribution >= 4 is 52.3 Å². The average molecular weight is 412 g/mol. The first-order valence-corrected chi connectivity index (χ1v) is 9.39. The maximum absolute atomic E-state index is 12.5. The van der Waals surface area contributed by atoms with E-state index in [2.05, 4.69) is 5.32 Å². The van der Waals surface area contributed by atoms with Gasteiger partial charge >= 0.3 is 0 Å². The first-order valence-electron chi connectivity index (χ1n) is 8.25. The fourth-order valence-electron chi connectivity index (χ4n) is 2.98. The molecule has 0 atom stereocenters. The van der Waals surface area contributed by atoms with Gasteiger partial charge in [-0.05, 0) is 43.2 Å². The number of hydrogen-bond acceptors (Lipinski definition) is 2. The molecule has 0 saturated carbocycles. The molecule has 1 saturated heterocycles. The third kappa shape index (κ3) is 4.32. The minimum absolute atomic E-state index is 0.0655. The second kappa shape index (κ2) is 8.30. The molecule has 0 aromatic heterocycles. The normalized spacial score (nSPS) is 15.0. The van der Waals surface area contributed by atoms with Gasteiger partial charge in [0.2, 0.25) is 5.91 Å². The number of piperidine rings is 1. The van der Waals surface area contributed by atoms with Crippen molar-refractivity contribution in [1.29, 1.82) is 0 Å². The highest BCUT2D eigenvalue weighted by atomic mass is 35.5. The van der Waals surface area contributed by atoms with Crippen molar-refractivity contribution < 1.29 is 9.59 Å². The van der Waals surface area contributed by atoms with Gasteiger partial charge < -0.3 is 10.2 Å². The summed E-state index contributed by atoms with van der Waals surface area (Å²) in [5.74, 6) is -0.346. The maximum atomic E-state index is 12.5. The SMILES string of the molecule is O=C(Nc1cccc(Cl)c1Cl)C1CCN(C(=O)c2cccc(Cl)c2)CC1. The van der Waals surface area contributed by atoms with E-state index >= 15 is 0 Å². The summed E-state index contributed by atoms with van der Waals surface area (Å²) < 4.78 is 0. The molecule has 2 amide bonds. The van der Waals surface area contributed by atoms with E-state index in [1.54, 1.807) is 47.4 Å². The van der Waals surface area contributed by atoms with Gasteiger partial charge in [-0.25, -0.2) is 0 Å². The summed E-state index contributed by atoms with van der Waals surface area (Å²) in [7, 11) is 0. The fraction of sp³-hybridized carbons (Fsp3) is 0.263. The van der Waals surface area contributed by atoms with Gasteiger partial charge in [-0.2, -0.15) is 0 Å². The third-order valence-corrected chi connectivity index (χ3v) is 5.49. The molecule has 26 heavy (non-hydrogen) atoms. The molecule has 0 radical (unpaired) electrons. The lowest BCUT2D eigenvalue weighted by atomic mass is 9.95. The summed E-state index contributed by atoms with van der Waals surface area (Å²) in [5, 5.41) is 4.08. The second-order valence-electron chi connectivity index (χ2n) is 6.17. The Labute approximate surface area is 167 Å². The number of carbonyl (C=O) groups excluding carboxylic acids is 2. The minimum Gasteiger partial charge on any atom is -0.339 e. The molecule has 0 aliphatic carbocycles. The summed E-state index contributed by atoms with van der Waals surface area (Å²) >= 11 is 18.0. The molecule has 136 valence electrons. The van der Waals surface area contributed by atoms with Crippen LogP contribution in [0.2, 0.25) is 15.1 Å². The van der Waals surface area contributed by atoms with Crippen LogP contribution in [-0.4, -0.2) is 29.8 Å².